The van der Waals surface area contributed by atoms with Gasteiger partial charge in [-0.25, -0.2) is 0 Å². The van der Waals surface area contributed by atoms with E-state index in [9.17, 15) is 24.3 Å². The zero-order chi connectivity index (χ0) is 24.4. The van der Waals surface area contributed by atoms with Gasteiger partial charge in [-0.05, 0) is 61.8 Å². The first-order valence-corrected chi connectivity index (χ1v) is 12.1. The van der Waals surface area contributed by atoms with Crippen LogP contribution in [0.15, 0.2) is 18.2 Å². The number of hydrogen-bond acceptors (Lipinski definition) is 6. The molecule has 3 atom stereocenters. The minimum absolute atomic E-state index is 0.113. The molecule has 0 bridgehead atoms. The van der Waals surface area contributed by atoms with Crippen LogP contribution in [0.5, 0.6) is 5.75 Å². The molecule has 4 rings (SSSR count). The van der Waals surface area contributed by atoms with E-state index >= 15 is 0 Å². The topological polar surface area (TPSA) is 116 Å². The number of nitrogens with one attached hydrogen (secondary N) is 1. The first-order chi connectivity index (χ1) is 16.2. The SMILES string of the molecule is CC(C)C[C@H](O)C(=O)N1CCCC[C@@H]1COc1ccc2c(c1)CN(C1CCC(=O)NC1=O)C2=O. The molecule has 3 aliphatic heterocycles. The highest BCUT2D eigenvalue weighted by molar-refractivity contribution is 6.05. The Balaban J connectivity index is 1.39. The Hall–Kier alpha value is -2.94. The highest BCUT2D eigenvalue weighted by atomic mass is 16.5. The molecule has 184 valence electrons. The maximum atomic E-state index is 12.9. The predicted octanol–water partition coefficient (Wildman–Crippen LogP) is 1.61. The van der Waals surface area contributed by atoms with Gasteiger partial charge < -0.3 is 19.6 Å². The molecule has 4 amide bonds. The van der Waals surface area contributed by atoms with Gasteiger partial charge in [-0.1, -0.05) is 13.8 Å². The van der Waals surface area contributed by atoms with Crippen molar-refractivity contribution < 1.29 is 29.0 Å². The van der Waals surface area contributed by atoms with Gasteiger partial charge >= 0.3 is 0 Å². The van der Waals surface area contributed by atoms with Crippen LogP contribution >= 0.6 is 0 Å². The predicted molar refractivity (Wildman–Crippen MR) is 123 cm³/mol. The molecule has 9 nitrogen and oxygen atoms in total. The van der Waals surface area contributed by atoms with Crippen LogP contribution in [-0.4, -0.2) is 69.9 Å². The first kappa shape index (κ1) is 24.2. The molecule has 9 heteroatoms. The summed E-state index contributed by atoms with van der Waals surface area (Å²) in [7, 11) is 0. The van der Waals surface area contributed by atoms with Gasteiger partial charge in [0.15, 0.2) is 0 Å². The number of fused-ring (bicyclic) bond motifs is 1. The Morgan fingerprint density at radius 3 is 2.74 bits per heavy atom. The Morgan fingerprint density at radius 2 is 2.00 bits per heavy atom. The second-order valence-electron chi connectivity index (χ2n) is 9.86. The van der Waals surface area contributed by atoms with E-state index in [0.29, 0.717) is 37.3 Å². The van der Waals surface area contributed by atoms with Crippen LogP contribution in [0.2, 0.25) is 0 Å². The summed E-state index contributed by atoms with van der Waals surface area (Å²) in [5, 5.41) is 12.6. The third-order valence-corrected chi connectivity index (χ3v) is 6.83. The molecule has 2 fully saturated rings. The number of amides is 4. The minimum Gasteiger partial charge on any atom is -0.491 e. The highest BCUT2D eigenvalue weighted by Crippen LogP contribution is 2.30. The Morgan fingerprint density at radius 1 is 1.21 bits per heavy atom. The van der Waals surface area contributed by atoms with Crippen LogP contribution in [0.4, 0.5) is 0 Å². The van der Waals surface area contributed by atoms with E-state index in [1.807, 2.05) is 19.9 Å². The van der Waals surface area contributed by atoms with Crippen LogP contribution in [0.3, 0.4) is 0 Å². The number of likely N-dealkylation sites (tertiary alicyclic amines) is 1. The normalized spacial score (nSPS) is 23.7. The summed E-state index contributed by atoms with van der Waals surface area (Å²) in [6.45, 7) is 5.17. The molecule has 2 saturated heterocycles. The lowest BCUT2D eigenvalue weighted by Gasteiger charge is -2.37. The van der Waals surface area contributed by atoms with Gasteiger partial charge in [-0.2, -0.15) is 0 Å². The zero-order valence-corrected chi connectivity index (χ0v) is 19.8. The average Bonchev–Trinajstić information content (AvgIpc) is 3.12. The molecule has 1 aromatic carbocycles. The maximum absolute atomic E-state index is 12.9. The smallest absolute Gasteiger partial charge is 0.255 e. The van der Waals surface area contributed by atoms with Crippen molar-refractivity contribution in [3.8, 4) is 5.75 Å². The third-order valence-electron chi connectivity index (χ3n) is 6.83. The van der Waals surface area contributed by atoms with Crippen molar-refractivity contribution in [3.05, 3.63) is 29.3 Å². The molecular weight excluding hydrogens is 438 g/mol. The van der Waals surface area contributed by atoms with Gasteiger partial charge in [0.05, 0.1) is 6.04 Å². The zero-order valence-electron chi connectivity index (χ0n) is 19.8. The van der Waals surface area contributed by atoms with E-state index in [0.717, 1.165) is 24.8 Å². The number of carbonyl (C=O) groups is 4. The molecule has 2 N–H and O–H groups in total. The largest absolute Gasteiger partial charge is 0.491 e. The summed E-state index contributed by atoms with van der Waals surface area (Å²) in [4.78, 5) is 52.6. The van der Waals surface area contributed by atoms with E-state index in [4.69, 9.17) is 4.74 Å². The van der Waals surface area contributed by atoms with Crippen molar-refractivity contribution in [2.24, 2.45) is 5.92 Å². The molecule has 0 radical (unpaired) electrons. The van der Waals surface area contributed by atoms with Gasteiger partial charge in [-0.15, -0.1) is 0 Å². The summed E-state index contributed by atoms with van der Waals surface area (Å²) in [5.41, 5.74) is 1.31. The second kappa shape index (κ2) is 10.1. The first-order valence-electron chi connectivity index (χ1n) is 12.1. The lowest BCUT2D eigenvalue weighted by atomic mass is 9.99. The number of aliphatic hydroxyl groups is 1. The van der Waals surface area contributed by atoms with E-state index in [1.54, 1.807) is 17.0 Å². The summed E-state index contributed by atoms with van der Waals surface area (Å²) >= 11 is 0. The monoisotopic (exact) mass is 471 g/mol. The molecular formula is C25H33N3O6. The van der Waals surface area contributed by atoms with Crippen LogP contribution in [0.1, 0.15) is 68.3 Å². The van der Waals surface area contributed by atoms with Gasteiger partial charge in [0.25, 0.3) is 11.8 Å². The van der Waals surface area contributed by atoms with Gasteiger partial charge in [0.1, 0.15) is 24.5 Å². The van der Waals surface area contributed by atoms with Gasteiger partial charge in [0.2, 0.25) is 11.8 Å². The summed E-state index contributed by atoms with van der Waals surface area (Å²) < 4.78 is 6.03. The van der Waals surface area contributed by atoms with Gasteiger partial charge in [0, 0.05) is 25.1 Å². The van der Waals surface area contributed by atoms with Crippen LogP contribution in [0, 0.1) is 5.92 Å². The number of rotatable bonds is 7. The van der Waals surface area contributed by atoms with Crippen molar-refractivity contribution in [3.63, 3.8) is 0 Å². The van der Waals surface area contributed by atoms with Crippen molar-refractivity contribution in [2.45, 2.75) is 77.1 Å². The molecule has 0 saturated carbocycles. The van der Waals surface area contributed by atoms with E-state index in [1.165, 1.54) is 4.90 Å². The maximum Gasteiger partial charge on any atom is 0.255 e. The number of nitrogens with zero attached hydrogens (tertiary/aromatic N) is 2. The fourth-order valence-corrected chi connectivity index (χ4v) is 5.04. The second-order valence-corrected chi connectivity index (χ2v) is 9.86. The third kappa shape index (κ3) is 5.09. The van der Waals surface area contributed by atoms with Crippen molar-refractivity contribution in [1.82, 2.24) is 15.1 Å². The minimum atomic E-state index is -0.995. The number of imide groups is 1. The van der Waals surface area contributed by atoms with Crippen LogP contribution < -0.4 is 10.1 Å². The van der Waals surface area contributed by atoms with Gasteiger partial charge in [-0.3, -0.25) is 24.5 Å². The fourth-order valence-electron chi connectivity index (χ4n) is 5.04. The van der Waals surface area contributed by atoms with Crippen molar-refractivity contribution >= 4 is 23.6 Å². The van der Waals surface area contributed by atoms with E-state index in [2.05, 4.69) is 5.32 Å². The Labute approximate surface area is 199 Å². The standard InChI is InChI=1S/C25H33N3O6/c1-15(2)11-21(29)25(33)27-10-4-3-5-17(27)14-34-18-6-7-19-16(12-18)13-28(24(19)32)20-8-9-22(30)26-23(20)31/h6-7,12,15,17,20-21,29H,3-5,8-11,13-14H2,1-2H3,(H,26,30,31)/t17-,20?,21+/m1/s1. The quantitative estimate of drug-likeness (QED) is 0.584. The lowest BCUT2D eigenvalue weighted by molar-refractivity contribution is -0.145. The molecule has 0 spiro atoms. The lowest BCUT2D eigenvalue weighted by Crippen LogP contribution is -2.52. The molecule has 1 aromatic rings. The number of aliphatic hydroxyl groups excluding tert-OH is 1. The molecule has 1 unspecified atom stereocenters. The molecule has 34 heavy (non-hydrogen) atoms. The molecule has 3 aliphatic rings. The number of ether oxygens (including phenoxy) is 1. The van der Waals surface area contributed by atoms with Crippen LogP contribution in [0.25, 0.3) is 0 Å². The highest BCUT2D eigenvalue weighted by Gasteiger charge is 2.39. The Kier molecular flexibility index (Phi) is 7.21. The van der Waals surface area contributed by atoms with Crippen molar-refractivity contribution in [2.75, 3.05) is 13.2 Å². The number of piperidine rings is 2. The molecule has 3 heterocycles. The van der Waals surface area contributed by atoms with E-state index in [-0.39, 0.29) is 42.6 Å². The number of carbonyl (C=O) groups excluding carboxylic acids is 4. The van der Waals surface area contributed by atoms with Crippen LogP contribution in [-0.2, 0) is 20.9 Å². The Bertz CT molecular complexity index is 977. The summed E-state index contributed by atoms with van der Waals surface area (Å²) in [5.74, 6) is -0.381. The number of hydrogen-bond donors (Lipinski definition) is 2. The fraction of sp³-hybridized carbons (Fsp3) is 0.600. The van der Waals surface area contributed by atoms with Crippen molar-refractivity contribution in [1.29, 1.82) is 0 Å². The number of benzene rings is 1. The molecule has 0 aliphatic carbocycles. The van der Waals surface area contributed by atoms with E-state index < -0.39 is 18.1 Å². The average molecular weight is 472 g/mol. The summed E-state index contributed by atoms with van der Waals surface area (Å²) in [6, 6.07) is 4.48. The summed E-state index contributed by atoms with van der Waals surface area (Å²) in [6.07, 6.45) is 2.70. The molecule has 0 aromatic heterocycles.